The zero-order valence-corrected chi connectivity index (χ0v) is 6.75. The zero-order chi connectivity index (χ0) is 7.72. The fourth-order valence-electron chi connectivity index (χ4n) is 1.45. The Labute approximate surface area is 62.4 Å². The normalized spacial score (nSPS) is 35.7. The molecule has 2 nitrogen and oxygen atoms in total. The standard InChI is InChI=1S/C8H17NO/c1-5(2)8(9)6-3-4-7(6)10/h5-8,10H,3-4,9H2,1-2H3. The van der Waals surface area contributed by atoms with Crippen LogP contribution in [0.2, 0.25) is 0 Å². The number of nitrogens with two attached hydrogens (primary N) is 1. The van der Waals surface area contributed by atoms with Crippen LogP contribution < -0.4 is 5.73 Å². The third-order valence-corrected chi connectivity index (χ3v) is 2.55. The second-order valence-electron chi connectivity index (χ2n) is 3.63. The predicted molar refractivity (Wildman–Crippen MR) is 41.5 cm³/mol. The molecule has 0 heterocycles. The van der Waals surface area contributed by atoms with Crippen LogP contribution in [0.5, 0.6) is 0 Å². The second-order valence-corrected chi connectivity index (χ2v) is 3.63. The maximum absolute atomic E-state index is 9.25. The minimum Gasteiger partial charge on any atom is -0.393 e. The molecule has 0 aliphatic heterocycles. The van der Waals surface area contributed by atoms with Crippen LogP contribution in [0.15, 0.2) is 0 Å². The van der Waals surface area contributed by atoms with Gasteiger partial charge in [-0.3, -0.25) is 0 Å². The molecule has 0 spiro atoms. The van der Waals surface area contributed by atoms with Crippen molar-refractivity contribution in [2.24, 2.45) is 17.6 Å². The van der Waals surface area contributed by atoms with Gasteiger partial charge in [-0.1, -0.05) is 13.8 Å². The monoisotopic (exact) mass is 143 g/mol. The first-order valence-electron chi connectivity index (χ1n) is 4.06. The summed E-state index contributed by atoms with van der Waals surface area (Å²) >= 11 is 0. The lowest BCUT2D eigenvalue weighted by molar-refractivity contribution is 0.00152. The Kier molecular flexibility index (Phi) is 2.32. The number of hydrogen-bond donors (Lipinski definition) is 2. The zero-order valence-electron chi connectivity index (χ0n) is 6.75. The number of aliphatic hydroxyl groups excluding tert-OH is 1. The second kappa shape index (κ2) is 2.89. The number of rotatable bonds is 2. The lowest BCUT2D eigenvalue weighted by Crippen LogP contribution is -2.47. The predicted octanol–water partition coefficient (Wildman–Crippen LogP) is 0.741. The average molecular weight is 143 g/mol. The molecule has 3 N–H and O–H groups in total. The van der Waals surface area contributed by atoms with Crippen LogP contribution in [0.1, 0.15) is 26.7 Å². The Hall–Kier alpha value is -0.0800. The van der Waals surface area contributed by atoms with E-state index in [-0.39, 0.29) is 12.1 Å². The fourth-order valence-corrected chi connectivity index (χ4v) is 1.45. The van der Waals surface area contributed by atoms with Crippen molar-refractivity contribution in [3.63, 3.8) is 0 Å². The Morgan fingerprint density at radius 3 is 2.10 bits per heavy atom. The van der Waals surface area contributed by atoms with Gasteiger partial charge < -0.3 is 10.8 Å². The van der Waals surface area contributed by atoms with Gasteiger partial charge in [0.05, 0.1) is 6.10 Å². The van der Waals surface area contributed by atoms with Crippen molar-refractivity contribution >= 4 is 0 Å². The summed E-state index contributed by atoms with van der Waals surface area (Å²) in [6, 6.07) is 0.198. The molecule has 2 heteroatoms. The summed E-state index contributed by atoms with van der Waals surface area (Å²) in [5.74, 6) is 0.875. The van der Waals surface area contributed by atoms with Gasteiger partial charge >= 0.3 is 0 Å². The summed E-state index contributed by atoms with van der Waals surface area (Å²) < 4.78 is 0. The first-order chi connectivity index (χ1) is 4.63. The highest BCUT2D eigenvalue weighted by Gasteiger charge is 2.34. The molecule has 1 aliphatic rings. The van der Waals surface area contributed by atoms with E-state index in [1.165, 1.54) is 0 Å². The topological polar surface area (TPSA) is 46.2 Å². The molecule has 1 aliphatic carbocycles. The molecule has 1 saturated carbocycles. The maximum atomic E-state index is 9.25. The van der Waals surface area contributed by atoms with E-state index in [1.54, 1.807) is 0 Å². The molecule has 0 radical (unpaired) electrons. The Bertz CT molecular complexity index is 109. The van der Waals surface area contributed by atoms with Gasteiger partial charge in [-0.2, -0.15) is 0 Å². The van der Waals surface area contributed by atoms with Crippen molar-refractivity contribution < 1.29 is 5.11 Å². The van der Waals surface area contributed by atoms with Crippen molar-refractivity contribution in [3.8, 4) is 0 Å². The van der Waals surface area contributed by atoms with Crippen LogP contribution in [0.25, 0.3) is 0 Å². The van der Waals surface area contributed by atoms with E-state index in [0.29, 0.717) is 11.8 Å². The van der Waals surface area contributed by atoms with E-state index in [2.05, 4.69) is 13.8 Å². The molecule has 0 aromatic heterocycles. The van der Waals surface area contributed by atoms with E-state index in [9.17, 15) is 5.11 Å². The molecule has 0 aromatic rings. The highest BCUT2D eigenvalue weighted by atomic mass is 16.3. The molecule has 0 bridgehead atoms. The molecule has 0 aromatic carbocycles. The van der Waals surface area contributed by atoms with E-state index in [4.69, 9.17) is 5.73 Å². The van der Waals surface area contributed by atoms with Crippen molar-refractivity contribution in [1.29, 1.82) is 0 Å². The summed E-state index contributed by atoms with van der Waals surface area (Å²) in [6.07, 6.45) is 1.95. The average Bonchev–Trinajstić information content (AvgIpc) is 1.84. The van der Waals surface area contributed by atoms with Crippen molar-refractivity contribution in [3.05, 3.63) is 0 Å². The van der Waals surface area contributed by atoms with Crippen molar-refractivity contribution in [1.82, 2.24) is 0 Å². The van der Waals surface area contributed by atoms with Gasteiger partial charge in [0.15, 0.2) is 0 Å². The third kappa shape index (κ3) is 1.32. The summed E-state index contributed by atoms with van der Waals surface area (Å²) in [4.78, 5) is 0. The highest BCUT2D eigenvalue weighted by Crippen LogP contribution is 2.31. The summed E-state index contributed by atoms with van der Waals surface area (Å²) in [5.41, 5.74) is 5.85. The van der Waals surface area contributed by atoms with Crippen LogP contribution in [-0.4, -0.2) is 17.3 Å². The summed E-state index contributed by atoms with van der Waals surface area (Å²) in [7, 11) is 0. The highest BCUT2D eigenvalue weighted by molar-refractivity contribution is 4.88. The minimum atomic E-state index is -0.114. The molecular weight excluding hydrogens is 126 g/mol. The van der Waals surface area contributed by atoms with Gasteiger partial charge in [0.25, 0.3) is 0 Å². The van der Waals surface area contributed by atoms with Gasteiger partial charge in [0, 0.05) is 12.0 Å². The van der Waals surface area contributed by atoms with Crippen LogP contribution in [0.3, 0.4) is 0 Å². The van der Waals surface area contributed by atoms with E-state index in [1.807, 2.05) is 0 Å². The van der Waals surface area contributed by atoms with Gasteiger partial charge in [-0.05, 0) is 18.8 Å². The number of hydrogen-bond acceptors (Lipinski definition) is 2. The van der Waals surface area contributed by atoms with Crippen LogP contribution in [0, 0.1) is 11.8 Å². The first-order valence-corrected chi connectivity index (χ1v) is 4.06. The van der Waals surface area contributed by atoms with Gasteiger partial charge in [0.2, 0.25) is 0 Å². The molecule has 10 heavy (non-hydrogen) atoms. The SMILES string of the molecule is CC(C)C(N)C1CCC1O. The molecular formula is C8H17NO. The molecule has 60 valence electrons. The molecule has 1 fully saturated rings. The van der Waals surface area contributed by atoms with E-state index in [0.717, 1.165) is 12.8 Å². The Morgan fingerprint density at radius 2 is 2.00 bits per heavy atom. The van der Waals surface area contributed by atoms with Crippen LogP contribution in [-0.2, 0) is 0 Å². The van der Waals surface area contributed by atoms with E-state index >= 15 is 0 Å². The third-order valence-electron chi connectivity index (χ3n) is 2.55. The smallest absolute Gasteiger partial charge is 0.0583 e. The van der Waals surface area contributed by atoms with Crippen LogP contribution >= 0.6 is 0 Å². The Balaban J connectivity index is 2.34. The summed E-state index contributed by atoms with van der Waals surface area (Å²) in [5, 5.41) is 9.25. The van der Waals surface area contributed by atoms with Crippen molar-refractivity contribution in [2.75, 3.05) is 0 Å². The van der Waals surface area contributed by atoms with Gasteiger partial charge in [-0.25, -0.2) is 0 Å². The van der Waals surface area contributed by atoms with E-state index < -0.39 is 0 Å². The molecule has 0 amide bonds. The minimum absolute atomic E-state index is 0.114. The molecule has 1 rings (SSSR count). The first kappa shape index (κ1) is 8.02. The molecule has 3 unspecified atom stereocenters. The molecule has 3 atom stereocenters. The summed E-state index contributed by atoms with van der Waals surface area (Å²) in [6.45, 7) is 4.21. The van der Waals surface area contributed by atoms with Gasteiger partial charge in [-0.15, -0.1) is 0 Å². The lowest BCUT2D eigenvalue weighted by atomic mass is 9.74. The largest absolute Gasteiger partial charge is 0.393 e. The quantitative estimate of drug-likeness (QED) is 0.599. The maximum Gasteiger partial charge on any atom is 0.0583 e. The Morgan fingerprint density at radius 1 is 1.40 bits per heavy atom. The van der Waals surface area contributed by atoms with Gasteiger partial charge in [0.1, 0.15) is 0 Å². The molecule has 0 saturated heterocycles. The lowest BCUT2D eigenvalue weighted by Gasteiger charge is -2.38. The fraction of sp³-hybridized carbons (Fsp3) is 1.00. The van der Waals surface area contributed by atoms with Crippen LogP contribution in [0.4, 0.5) is 0 Å². The van der Waals surface area contributed by atoms with Crippen molar-refractivity contribution in [2.45, 2.75) is 38.8 Å². The number of aliphatic hydroxyl groups is 1.